The van der Waals surface area contributed by atoms with Crippen LogP contribution in [0.4, 0.5) is 0 Å². The third-order valence-corrected chi connectivity index (χ3v) is 5.42. The molecule has 2 aliphatic heterocycles. The lowest BCUT2D eigenvalue weighted by atomic mass is 9.80. The standard InChI is InChI=1S/C16H20N2O2S/c1-9-13-11-5-4-6-12(19-3)14(11)20-16(9,2)18(10-7-8-10)15(21)17-13/h4-6,9-10,13H,7-8H2,1-3H3,(H,17,21). The van der Waals surface area contributed by atoms with Gasteiger partial charge in [-0.25, -0.2) is 0 Å². The third kappa shape index (κ3) is 1.70. The predicted octanol–water partition coefficient (Wildman–Crippen LogP) is 2.83. The summed E-state index contributed by atoms with van der Waals surface area (Å²) in [6.45, 7) is 4.39. The van der Waals surface area contributed by atoms with E-state index in [1.165, 1.54) is 12.8 Å². The van der Waals surface area contributed by atoms with Crippen molar-refractivity contribution in [1.29, 1.82) is 0 Å². The van der Waals surface area contributed by atoms with Gasteiger partial charge in [0, 0.05) is 17.5 Å². The van der Waals surface area contributed by atoms with E-state index in [0.29, 0.717) is 12.0 Å². The van der Waals surface area contributed by atoms with Gasteiger partial charge in [-0.05, 0) is 38.0 Å². The van der Waals surface area contributed by atoms with E-state index in [-0.39, 0.29) is 6.04 Å². The lowest BCUT2D eigenvalue weighted by Gasteiger charge is -2.56. The Bertz CT molecular complexity index is 616. The first-order valence-corrected chi connectivity index (χ1v) is 7.93. The number of nitrogens with one attached hydrogen (secondary N) is 1. The van der Waals surface area contributed by atoms with Crippen LogP contribution in [0.3, 0.4) is 0 Å². The van der Waals surface area contributed by atoms with Crippen LogP contribution in [0.2, 0.25) is 0 Å². The van der Waals surface area contributed by atoms with Crippen LogP contribution in [0.1, 0.15) is 38.3 Å². The van der Waals surface area contributed by atoms with E-state index in [9.17, 15) is 0 Å². The van der Waals surface area contributed by atoms with E-state index in [4.69, 9.17) is 21.7 Å². The number of methoxy groups -OCH3 is 1. The molecule has 0 radical (unpaired) electrons. The highest BCUT2D eigenvalue weighted by Crippen LogP contribution is 2.53. The highest BCUT2D eigenvalue weighted by atomic mass is 32.1. The Morgan fingerprint density at radius 2 is 2.19 bits per heavy atom. The highest BCUT2D eigenvalue weighted by Gasteiger charge is 2.57. The second-order valence-electron chi connectivity index (χ2n) is 6.35. The van der Waals surface area contributed by atoms with Gasteiger partial charge < -0.3 is 19.7 Å². The molecule has 0 amide bonds. The topological polar surface area (TPSA) is 33.7 Å². The van der Waals surface area contributed by atoms with Gasteiger partial charge in [-0.3, -0.25) is 0 Å². The number of hydrogen-bond donors (Lipinski definition) is 1. The van der Waals surface area contributed by atoms with E-state index in [0.717, 1.165) is 22.2 Å². The molecule has 0 aromatic heterocycles. The molecule has 2 fully saturated rings. The van der Waals surface area contributed by atoms with Crippen LogP contribution < -0.4 is 14.8 Å². The zero-order valence-electron chi connectivity index (χ0n) is 12.6. The largest absolute Gasteiger partial charge is 0.493 e. The number of hydrogen-bond acceptors (Lipinski definition) is 3. The number of fused-ring (bicyclic) bond motifs is 4. The van der Waals surface area contributed by atoms with Crippen molar-refractivity contribution in [3.05, 3.63) is 23.8 Å². The number of rotatable bonds is 2. The molecule has 3 unspecified atom stereocenters. The first kappa shape index (κ1) is 13.2. The van der Waals surface area contributed by atoms with Crippen LogP contribution in [0.25, 0.3) is 0 Å². The second kappa shape index (κ2) is 4.26. The van der Waals surface area contributed by atoms with E-state index in [1.54, 1.807) is 7.11 Å². The quantitative estimate of drug-likeness (QED) is 0.850. The molecule has 1 aromatic carbocycles. The molecule has 5 heteroatoms. The summed E-state index contributed by atoms with van der Waals surface area (Å²) in [5.41, 5.74) is 0.729. The van der Waals surface area contributed by atoms with Gasteiger partial charge in [0.15, 0.2) is 22.3 Å². The van der Waals surface area contributed by atoms with Crippen molar-refractivity contribution in [3.8, 4) is 11.5 Å². The van der Waals surface area contributed by atoms with Crippen molar-refractivity contribution >= 4 is 17.3 Å². The van der Waals surface area contributed by atoms with Crippen molar-refractivity contribution in [3.63, 3.8) is 0 Å². The van der Waals surface area contributed by atoms with Crippen molar-refractivity contribution in [2.24, 2.45) is 5.92 Å². The van der Waals surface area contributed by atoms with E-state index in [1.807, 2.05) is 12.1 Å². The van der Waals surface area contributed by atoms with Crippen LogP contribution in [0.15, 0.2) is 18.2 Å². The maximum Gasteiger partial charge on any atom is 0.187 e. The fourth-order valence-corrected chi connectivity index (χ4v) is 4.12. The molecular formula is C16H20N2O2S. The minimum Gasteiger partial charge on any atom is -0.493 e. The molecule has 1 aromatic rings. The van der Waals surface area contributed by atoms with Crippen LogP contribution in [0.5, 0.6) is 11.5 Å². The van der Waals surface area contributed by atoms with E-state index < -0.39 is 5.72 Å². The van der Waals surface area contributed by atoms with Gasteiger partial charge in [-0.2, -0.15) is 0 Å². The zero-order chi connectivity index (χ0) is 14.8. The Kier molecular flexibility index (Phi) is 2.67. The SMILES string of the molecule is COc1cccc2c1OC1(C)C(C)C2NC(=S)N1C1CC1. The van der Waals surface area contributed by atoms with Gasteiger partial charge in [0.1, 0.15) is 0 Å². The van der Waals surface area contributed by atoms with Crippen LogP contribution in [0, 0.1) is 5.92 Å². The van der Waals surface area contributed by atoms with Crippen LogP contribution in [-0.2, 0) is 0 Å². The monoisotopic (exact) mass is 304 g/mol. The van der Waals surface area contributed by atoms with Gasteiger partial charge in [0.2, 0.25) is 0 Å². The van der Waals surface area contributed by atoms with Gasteiger partial charge >= 0.3 is 0 Å². The van der Waals surface area contributed by atoms with Gasteiger partial charge in [-0.1, -0.05) is 19.1 Å². The summed E-state index contributed by atoms with van der Waals surface area (Å²) in [6, 6.07) is 6.74. The number of ether oxygens (including phenoxy) is 2. The van der Waals surface area contributed by atoms with Crippen molar-refractivity contribution in [2.45, 2.75) is 44.5 Å². The summed E-state index contributed by atoms with van der Waals surface area (Å²) < 4.78 is 12.0. The molecule has 0 spiro atoms. The molecule has 21 heavy (non-hydrogen) atoms. The smallest absolute Gasteiger partial charge is 0.187 e. The van der Waals surface area contributed by atoms with Crippen molar-refractivity contribution < 1.29 is 9.47 Å². The summed E-state index contributed by atoms with van der Waals surface area (Å²) in [4.78, 5) is 2.26. The summed E-state index contributed by atoms with van der Waals surface area (Å²) in [5.74, 6) is 1.96. The van der Waals surface area contributed by atoms with Crippen molar-refractivity contribution in [1.82, 2.24) is 10.2 Å². The Labute approximate surface area is 130 Å². The molecule has 1 saturated heterocycles. The molecule has 4 rings (SSSR count). The molecule has 1 saturated carbocycles. The normalized spacial score (nSPS) is 33.9. The lowest BCUT2D eigenvalue weighted by Crippen LogP contribution is -2.69. The van der Waals surface area contributed by atoms with Crippen LogP contribution >= 0.6 is 12.2 Å². The van der Waals surface area contributed by atoms with Gasteiger partial charge in [0.25, 0.3) is 0 Å². The van der Waals surface area contributed by atoms with E-state index in [2.05, 4.69) is 30.1 Å². The maximum atomic E-state index is 6.48. The summed E-state index contributed by atoms with van der Waals surface area (Å²) in [5, 5.41) is 4.34. The zero-order valence-corrected chi connectivity index (χ0v) is 13.4. The van der Waals surface area contributed by atoms with E-state index >= 15 is 0 Å². The fraction of sp³-hybridized carbons (Fsp3) is 0.562. The number of nitrogens with zero attached hydrogens (tertiary/aromatic N) is 1. The van der Waals surface area contributed by atoms with Crippen molar-refractivity contribution in [2.75, 3.05) is 7.11 Å². The molecular weight excluding hydrogens is 284 g/mol. The Hall–Kier alpha value is -1.49. The average Bonchev–Trinajstić information content (AvgIpc) is 3.26. The maximum absolute atomic E-state index is 6.48. The molecule has 1 N–H and O–H groups in total. The van der Waals surface area contributed by atoms with Crippen LogP contribution in [-0.4, -0.2) is 28.9 Å². The number of thiocarbonyl (C=S) groups is 1. The Morgan fingerprint density at radius 3 is 2.86 bits per heavy atom. The molecule has 2 heterocycles. The summed E-state index contributed by atoms with van der Waals surface area (Å²) in [6.07, 6.45) is 2.38. The molecule has 112 valence electrons. The second-order valence-corrected chi connectivity index (χ2v) is 6.74. The molecule has 3 aliphatic rings. The minimum atomic E-state index is -0.407. The Balaban J connectivity index is 1.87. The fourth-order valence-electron chi connectivity index (χ4n) is 3.66. The first-order chi connectivity index (χ1) is 10.1. The molecule has 3 atom stereocenters. The predicted molar refractivity (Wildman–Crippen MR) is 84.5 cm³/mol. The first-order valence-electron chi connectivity index (χ1n) is 7.52. The summed E-state index contributed by atoms with van der Waals surface area (Å²) in [7, 11) is 1.69. The lowest BCUT2D eigenvalue weighted by molar-refractivity contribution is -0.115. The van der Waals surface area contributed by atoms with Gasteiger partial charge in [0.05, 0.1) is 13.2 Å². The number of benzene rings is 1. The molecule has 2 bridgehead atoms. The molecule has 1 aliphatic carbocycles. The molecule has 4 nitrogen and oxygen atoms in total. The number of para-hydroxylation sites is 1. The average molecular weight is 304 g/mol. The third-order valence-electron chi connectivity index (χ3n) is 5.11. The Morgan fingerprint density at radius 1 is 1.43 bits per heavy atom. The minimum absolute atomic E-state index is 0.177. The van der Waals surface area contributed by atoms with Gasteiger partial charge in [-0.15, -0.1) is 0 Å². The highest BCUT2D eigenvalue weighted by molar-refractivity contribution is 7.80. The summed E-state index contributed by atoms with van der Waals surface area (Å²) >= 11 is 5.62.